The summed E-state index contributed by atoms with van der Waals surface area (Å²) in [6.45, 7) is 10.2. The Balaban J connectivity index is 1.66. The average molecular weight is 498 g/mol. The number of hydrogen-bond donors (Lipinski definition) is 1. The molecule has 0 aromatic heterocycles. The van der Waals surface area contributed by atoms with Crippen LogP contribution in [0.4, 0.5) is 10.1 Å². The molecule has 2 aliphatic heterocycles. The van der Waals surface area contributed by atoms with Crippen molar-refractivity contribution in [3.05, 3.63) is 46.3 Å². The number of anilines is 1. The van der Waals surface area contributed by atoms with E-state index < -0.39 is 5.82 Å². The molecule has 2 heterocycles. The topological polar surface area (TPSA) is 92.2 Å². The molecule has 0 aliphatic carbocycles. The van der Waals surface area contributed by atoms with Crippen LogP contribution in [0.3, 0.4) is 0 Å². The maximum atomic E-state index is 15.4. The van der Waals surface area contributed by atoms with Gasteiger partial charge in [-0.1, -0.05) is 20.8 Å². The number of carbonyl (C=O) groups excluding carboxylic acids is 2. The van der Waals surface area contributed by atoms with E-state index in [0.29, 0.717) is 29.2 Å². The van der Waals surface area contributed by atoms with Gasteiger partial charge >= 0.3 is 0 Å². The Kier molecular flexibility index (Phi) is 6.68. The Morgan fingerprint density at radius 1 is 1.17 bits per heavy atom. The van der Waals surface area contributed by atoms with Gasteiger partial charge < -0.3 is 24.0 Å². The molecule has 0 unspecified atom stereocenters. The molecule has 0 saturated heterocycles. The first-order chi connectivity index (χ1) is 17.0. The zero-order valence-electron chi connectivity index (χ0n) is 21.6. The van der Waals surface area contributed by atoms with Crippen LogP contribution in [0.1, 0.15) is 61.7 Å². The number of fused-ring (bicyclic) bond motifs is 2. The van der Waals surface area contributed by atoms with Gasteiger partial charge in [0.15, 0.2) is 29.7 Å². The lowest BCUT2D eigenvalue weighted by molar-refractivity contribution is -0.121. The van der Waals surface area contributed by atoms with Crippen LogP contribution in [0.25, 0.3) is 0 Å². The summed E-state index contributed by atoms with van der Waals surface area (Å²) in [5, 5.41) is 8.60. The zero-order valence-corrected chi connectivity index (χ0v) is 21.6. The lowest BCUT2D eigenvalue weighted by Gasteiger charge is -2.32. The second-order valence-corrected chi connectivity index (χ2v) is 9.91. The number of amidine groups is 1. The van der Waals surface area contributed by atoms with E-state index in [4.69, 9.17) is 19.6 Å². The number of halogens is 1. The highest BCUT2D eigenvalue weighted by molar-refractivity contribution is 6.07. The summed E-state index contributed by atoms with van der Waals surface area (Å²) >= 11 is 0. The van der Waals surface area contributed by atoms with Crippen molar-refractivity contribution in [3.63, 3.8) is 0 Å². The monoisotopic (exact) mass is 497 g/mol. The summed E-state index contributed by atoms with van der Waals surface area (Å²) in [6, 6.07) is 5.12. The summed E-state index contributed by atoms with van der Waals surface area (Å²) < 4.78 is 32.2. The summed E-state index contributed by atoms with van der Waals surface area (Å²) in [5.41, 5.74) is 2.10. The van der Waals surface area contributed by atoms with Gasteiger partial charge in [0, 0.05) is 24.7 Å². The van der Waals surface area contributed by atoms with Crippen molar-refractivity contribution >= 4 is 23.2 Å². The minimum Gasteiger partial charge on any atom is -0.490 e. The second-order valence-electron chi connectivity index (χ2n) is 9.91. The molecule has 2 aromatic rings. The third-order valence-electron chi connectivity index (χ3n) is 6.38. The van der Waals surface area contributed by atoms with E-state index in [0.717, 1.165) is 5.56 Å². The van der Waals surface area contributed by atoms with E-state index in [9.17, 15) is 9.59 Å². The van der Waals surface area contributed by atoms with E-state index in [-0.39, 0.29) is 66.3 Å². The molecule has 0 bridgehead atoms. The molecule has 36 heavy (non-hydrogen) atoms. The quantitative estimate of drug-likeness (QED) is 0.574. The molecule has 0 spiro atoms. The Labute approximate surface area is 210 Å². The predicted molar refractivity (Wildman–Crippen MR) is 134 cm³/mol. The van der Waals surface area contributed by atoms with Gasteiger partial charge in [-0.25, -0.2) is 4.39 Å². The van der Waals surface area contributed by atoms with Gasteiger partial charge in [0.1, 0.15) is 11.6 Å². The Bertz CT molecular complexity index is 1250. The van der Waals surface area contributed by atoms with E-state index in [2.05, 4.69) is 0 Å². The summed E-state index contributed by atoms with van der Waals surface area (Å²) in [5.74, 6) is -0.320. The molecule has 2 aliphatic rings. The molecule has 0 fully saturated rings. The van der Waals surface area contributed by atoms with Crippen molar-refractivity contribution in [2.75, 3.05) is 38.3 Å². The predicted octanol–water partition coefficient (Wildman–Crippen LogP) is 4.30. The molecule has 0 atom stereocenters. The summed E-state index contributed by atoms with van der Waals surface area (Å²) in [6.07, 6.45) is 0. The van der Waals surface area contributed by atoms with Gasteiger partial charge in [0.25, 0.3) is 5.91 Å². The van der Waals surface area contributed by atoms with Crippen molar-refractivity contribution in [2.45, 2.75) is 46.6 Å². The second kappa shape index (κ2) is 9.44. The normalized spacial score (nSPS) is 15.0. The smallest absolute Gasteiger partial charge is 0.264 e. The fourth-order valence-corrected chi connectivity index (χ4v) is 4.52. The first kappa shape index (κ1) is 25.5. The molecule has 2 aromatic carbocycles. The van der Waals surface area contributed by atoms with Gasteiger partial charge in [0.05, 0.1) is 31.0 Å². The molecule has 1 amide bonds. The van der Waals surface area contributed by atoms with Crippen molar-refractivity contribution in [2.24, 2.45) is 0 Å². The minimum absolute atomic E-state index is 0.0202. The highest BCUT2D eigenvalue weighted by Crippen LogP contribution is 2.42. The Morgan fingerprint density at radius 3 is 2.50 bits per heavy atom. The maximum Gasteiger partial charge on any atom is 0.264 e. The van der Waals surface area contributed by atoms with E-state index in [1.807, 2.05) is 20.8 Å². The molecule has 9 heteroatoms. The number of hydrogen-bond acceptors (Lipinski definition) is 6. The van der Waals surface area contributed by atoms with Gasteiger partial charge in [-0.15, -0.1) is 0 Å². The number of nitrogens with zero attached hydrogens (tertiary/aromatic N) is 2. The van der Waals surface area contributed by atoms with Crippen molar-refractivity contribution in [1.82, 2.24) is 4.90 Å². The lowest BCUT2D eigenvalue weighted by atomic mass is 9.84. The number of carbonyl (C=O) groups is 2. The first-order valence-corrected chi connectivity index (χ1v) is 12.0. The molecule has 0 saturated carbocycles. The first-order valence-electron chi connectivity index (χ1n) is 12.0. The minimum atomic E-state index is -0.654. The molecule has 0 radical (unpaired) electrons. The van der Waals surface area contributed by atoms with Crippen LogP contribution in [0.5, 0.6) is 17.2 Å². The Morgan fingerprint density at radius 2 is 1.86 bits per heavy atom. The third-order valence-corrected chi connectivity index (χ3v) is 6.38. The number of Topliss-reactive ketones (excluding diaryl/α,β-unsaturated/α-hetero) is 1. The van der Waals surface area contributed by atoms with Crippen LogP contribution in [-0.2, 0) is 16.8 Å². The highest BCUT2D eigenvalue weighted by Gasteiger charge is 2.35. The summed E-state index contributed by atoms with van der Waals surface area (Å²) in [4.78, 5) is 28.7. The average Bonchev–Trinajstić information content (AvgIpc) is 3.12. The van der Waals surface area contributed by atoms with Crippen LogP contribution in [0.2, 0.25) is 0 Å². The third kappa shape index (κ3) is 4.38. The Hall–Kier alpha value is -3.62. The van der Waals surface area contributed by atoms with Crippen LogP contribution in [-0.4, -0.2) is 55.8 Å². The standard InChI is InChI=1S/C27H32FN3O5/c1-7-34-20-11-16-12-31(26(29)22(16)23(28)25(20)35-8-2)13-19(32)15-9-17(27(3,4)5)24-18(10-15)30(6)21(33)14-36-24/h9-11,29H,7-8,12-14H2,1-6H3. The number of benzene rings is 2. The molecular weight excluding hydrogens is 465 g/mol. The molecule has 4 rings (SSSR count). The van der Waals surface area contributed by atoms with Crippen LogP contribution in [0, 0.1) is 11.2 Å². The number of likely N-dealkylation sites (N-methyl/N-ethyl adjacent to an activating group) is 1. The van der Waals surface area contributed by atoms with Crippen LogP contribution < -0.4 is 19.1 Å². The van der Waals surface area contributed by atoms with Gasteiger partial charge in [-0.05, 0) is 43.0 Å². The number of ketones is 1. The van der Waals surface area contributed by atoms with E-state index in [1.54, 1.807) is 39.1 Å². The number of amides is 1. The number of ether oxygens (including phenoxy) is 3. The van der Waals surface area contributed by atoms with Crippen LogP contribution >= 0.6 is 0 Å². The SMILES string of the molecule is CCOc1cc2c(c(F)c1OCC)C(=N)N(CC(=O)c1cc3c(c(C(C)(C)C)c1)OCC(=O)N3C)C2. The fraction of sp³-hybridized carbons (Fsp3) is 0.444. The molecule has 192 valence electrons. The fourth-order valence-electron chi connectivity index (χ4n) is 4.52. The van der Waals surface area contributed by atoms with E-state index in [1.165, 1.54) is 9.80 Å². The van der Waals surface area contributed by atoms with Crippen molar-refractivity contribution < 1.29 is 28.2 Å². The number of nitrogens with one attached hydrogen (secondary N) is 1. The molecule has 8 nitrogen and oxygen atoms in total. The molecule has 1 N–H and O–H groups in total. The maximum absolute atomic E-state index is 15.4. The lowest BCUT2D eigenvalue weighted by Crippen LogP contribution is -2.37. The van der Waals surface area contributed by atoms with Crippen molar-refractivity contribution in [3.8, 4) is 17.2 Å². The van der Waals surface area contributed by atoms with Crippen molar-refractivity contribution in [1.29, 1.82) is 5.41 Å². The molecular formula is C27H32FN3O5. The van der Waals surface area contributed by atoms with Gasteiger partial charge in [0.2, 0.25) is 0 Å². The van der Waals surface area contributed by atoms with Crippen LogP contribution in [0.15, 0.2) is 18.2 Å². The largest absolute Gasteiger partial charge is 0.490 e. The van der Waals surface area contributed by atoms with E-state index >= 15 is 4.39 Å². The van der Waals surface area contributed by atoms with Gasteiger partial charge in [-0.2, -0.15) is 0 Å². The van der Waals surface area contributed by atoms with Gasteiger partial charge in [-0.3, -0.25) is 15.0 Å². The number of rotatable bonds is 7. The zero-order chi connectivity index (χ0) is 26.4. The summed E-state index contributed by atoms with van der Waals surface area (Å²) in [7, 11) is 1.66. The highest BCUT2D eigenvalue weighted by atomic mass is 19.1.